The van der Waals surface area contributed by atoms with Gasteiger partial charge >= 0.3 is 0 Å². The molecule has 0 radical (unpaired) electrons. The largest absolute Gasteiger partial charge is 0.378 e. The standard InChI is InChI=1S/C28H32N8O2/c1-34-6-8-35(9-7-34)19-20-14-22(17-29-16-20)21-2-4-25-24(15-21)27(33-32-25)28(37)31-23-3-5-26(30-18-23)36-10-12-38-13-11-36/h2-5,14-18H,6-13,19H2,1H3,(H,31,37)(H,32,33). The van der Waals surface area contributed by atoms with Crippen LogP contribution in [-0.4, -0.2) is 95.4 Å². The molecule has 2 aliphatic heterocycles. The van der Waals surface area contributed by atoms with E-state index in [2.05, 4.69) is 53.3 Å². The number of nitrogens with one attached hydrogen (secondary N) is 2. The molecule has 196 valence electrons. The molecule has 0 aliphatic carbocycles. The van der Waals surface area contributed by atoms with E-state index in [-0.39, 0.29) is 5.91 Å². The molecule has 2 aliphatic rings. The van der Waals surface area contributed by atoms with Gasteiger partial charge in [-0.05, 0) is 48.5 Å². The smallest absolute Gasteiger partial charge is 0.276 e. The fraction of sp³-hybridized carbons (Fsp3) is 0.357. The first kappa shape index (κ1) is 24.5. The average Bonchev–Trinajstić information content (AvgIpc) is 3.39. The third-order valence-electron chi connectivity index (χ3n) is 7.25. The van der Waals surface area contributed by atoms with E-state index in [1.807, 2.05) is 42.7 Å². The quantitative estimate of drug-likeness (QED) is 0.407. The van der Waals surface area contributed by atoms with E-state index in [0.29, 0.717) is 24.6 Å². The molecule has 1 aromatic carbocycles. The van der Waals surface area contributed by atoms with Gasteiger partial charge in [0.05, 0.1) is 30.6 Å². The molecule has 0 bridgehead atoms. The maximum absolute atomic E-state index is 13.2. The summed E-state index contributed by atoms with van der Waals surface area (Å²) in [6, 6.07) is 12.0. The van der Waals surface area contributed by atoms with Gasteiger partial charge in [-0.3, -0.25) is 19.8 Å². The van der Waals surface area contributed by atoms with Crippen molar-refractivity contribution in [1.29, 1.82) is 0 Å². The highest BCUT2D eigenvalue weighted by molar-refractivity contribution is 6.11. The molecule has 3 aromatic heterocycles. The molecule has 10 heteroatoms. The Labute approximate surface area is 221 Å². The molecule has 0 spiro atoms. The lowest BCUT2D eigenvalue weighted by Gasteiger charge is -2.32. The third-order valence-corrected chi connectivity index (χ3v) is 7.25. The van der Waals surface area contributed by atoms with Crippen LogP contribution in [0, 0.1) is 0 Å². The van der Waals surface area contributed by atoms with Crippen molar-refractivity contribution in [3.8, 4) is 11.1 Å². The summed E-state index contributed by atoms with van der Waals surface area (Å²) in [7, 11) is 2.17. The van der Waals surface area contributed by atoms with Crippen LogP contribution in [0.3, 0.4) is 0 Å². The topological polar surface area (TPSA) is 103 Å². The number of piperazine rings is 1. The van der Waals surface area contributed by atoms with Gasteiger partial charge in [0, 0.05) is 69.2 Å². The Morgan fingerprint density at radius 1 is 0.974 bits per heavy atom. The molecule has 1 amide bonds. The number of morpholine rings is 1. The minimum absolute atomic E-state index is 0.281. The number of nitrogens with zero attached hydrogens (tertiary/aromatic N) is 6. The second-order valence-corrected chi connectivity index (χ2v) is 9.95. The number of rotatable bonds is 6. The van der Waals surface area contributed by atoms with Crippen molar-refractivity contribution in [2.75, 3.05) is 69.7 Å². The number of anilines is 2. The van der Waals surface area contributed by atoms with Crippen LogP contribution < -0.4 is 10.2 Å². The summed E-state index contributed by atoms with van der Waals surface area (Å²) in [5, 5.41) is 11.0. The number of aromatic amines is 1. The zero-order valence-corrected chi connectivity index (χ0v) is 21.6. The summed E-state index contributed by atoms with van der Waals surface area (Å²) in [6.45, 7) is 8.21. The summed E-state index contributed by atoms with van der Waals surface area (Å²) < 4.78 is 5.41. The summed E-state index contributed by atoms with van der Waals surface area (Å²) in [5.41, 5.74) is 4.98. The monoisotopic (exact) mass is 512 g/mol. The number of pyridine rings is 2. The lowest BCUT2D eigenvalue weighted by Crippen LogP contribution is -2.43. The van der Waals surface area contributed by atoms with Gasteiger partial charge in [-0.1, -0.05) is 6.07 Å². The molecule has 0 unspecified atom stereocenters. The fourth-order valence-electron chi connectivity index (χ4n) is 4.99. The maximum atomic E-state index is 13.2. The van der Waals surface area contributed by atoms with Crippen LogP contribution in [0.4, 0.5) is 11.5 Å². The van der Waals surface area contributed by atoms with Crippen molar-refractivity contribution in [3.63, 3.8) is 0 Å². The zero-order chi connectivity index (χ0) is 25.9. The molecule has 0 atom stereocenters. The van der Waals surface area contributed by atoms with Crippen LogP contribution in [0.1, 0.15) is 16.1 Å². The van der Waals surface area contributed by atoms with Crippen LogP contribution in [0.15, 0.2) is 55.0 Å². The molecule has 5 heterocycles. The van der Waals surface area contributed by atoms with Crippen molar-refractivity contribution < 1.29 is 9.53 Å². The van der Waals surface area contributed by atoms with Gasteiger partial charge in [-0.25, -0.2) is 4.98 Å². The van der Waals surface area contributed by atoms with E-state index in [0.717, 1.165) is 73.7 Å². The first-order valence-corrected chi connectivity index (χ1v) is 13.1. The average molecular weight is 513 g/mol. The molecular formula is C28H32N8O2. The number of amides is 1. The number of fused-ring (bicyclic) bond motifs is 1. The van der Waals surface area contributed by atoms with Gasteiger partial charge in [-0.15, -0.1) is 0 Å². The molecular weight excluding hydrogens is 480 g/mol. The van der Waals surface area contributed by atoms with Gasteiger partial charge < -0.3 is 19.9 Å². The Bertz CT molecular complexity index is 1410. The molecule has 2 saturated heterocycles. The van der Waals surface area contributed by atoms with E-state index in [1.54, 1.807) is 6.20 Å². The number of ether oxygens (including phenoxy) is 1. The minimum atomic E-state index is -0.281. The summed E-state index contributed by atoms with van der Waals surface area (Å²) >= 11 is 0. The van der Waals surface area contributed by atoms with E-state index in [4.69, 9.17) is 4.74 Å². The van der Waals surface area contributed by atoms with E-state index >= 15 is 0 Å². The highest BCUT2D eigenvalue weighted by atomic mass is 16.5. The number of benzene rings is 1. The lowest BCUT2D eigenvalue weighted by atomic mass is 10.0. The first-order chi connectivity index (χ1) is 18.6. The number of hydrogen-bond acceptors (Lipinski definition) is 8. The summed E-state index contributed by atoms with van der Waals surface area (Å²) in [4.78, 5) is 29.2. The van der Waals surface area contributed by atoms with Crippen molar-refractivity contribution in [2.24, 2.45) is 0 Å². The van der Waals surface area contributed by atoms with Crippen molar-refractivity contribution in [3.05, 3.63) is 66.2 Å². The number of likely N-dealkylation sites (N-methyl/N-ethyl adjacent to an activating group) is 1. The number of hydrogen-bond donors (Lipinski definition) is 2. The van der Waals surface area contributed by atoms with Crippen molar-refractivity contribution in [1.82, 2.24) is 30.0 Å². The molecule has 2 fully saturated rings. The van der Waals surface area contributed by atoms with Crippen molar-refractivity contribution >= 4 is 28.3 Å². The molecule has 0 saturated carbocycles. The highest BCUT2D eigenvalue weighted by Crippen LogP contribution is 2.27. The Balaban J connectivity index is 1.18. The summed E-state index contributed by atoms with van der Waals surface area (Å²) in [6.07, 6.45) is 5.49. The normalized spacial score (nSPS) is 17.1. The van der Waals surface area contributed by atoms with E-state index in [1.165, 1.54) is 5.56 Å². The van der Waals surface area contributed by atoms with Gasteiger partial charge in [0.1, 0.15) is 5.82 Å². The zero-order valence-electron chi connectivity index (χ0n) is 21.6. The Morgan fingerprint density at radius 2 is 1.82 bits per heavy atom. The van der Waals surface area contributed by atoms with Crippen LogP contribution in [0.2, 0.25) is 0 Å². The van der Waals surface area contributed by atoms with Gasteiger partial charge in [0.2, 0.25) is 0 Å². The van der Waals surface area contributed by atoms with E-state index in [9.17, 15) is 4.79 Å². The molecule has 4 aromatic rings. The van der Waals surface area contributed by atoms with Gasteiger partial charge in [0.25, 0.3) is 5.91 Å². The number of carbonyl (C=O) groups is 1. The van der Waals surface area contributed by atoms with E-state index < -0.39 is 0 Å². The molecule has 10 nitrogen and oxygen atoms in total. The Morgan fingerprint density at radius 3 is 2.61 bits per heavy atom. The maximum Gasteiger partial charge on any atom is 0.276 e. The lowest BCUT2D eigenvalue weighted by molar-refractivity contribution is 0.102. The van der Waals surface area contributed by atoms with Crippen LogP contribution >= 0.6 is 0 Å². The molecule has 38 heavy (non-hydrogen) atoms. The predicted molar refractivity (Wildman–Crippen MR) is 147 cm³/mol. The summed E-state index contributed by atoms with van der Waals surface area (Å²) in [5.74, 6) is 0.598. The van der Waals surface area contributed by atoms with Crippen LogP contribution in [-0.2, 0) is 11.3 Å². The SMILES string of the molecule is CN1CCN(Cc2cncc(-c3ccc4[nH]nc(C(=O)Nc5ccc(N6CCOCC6)nc5)c4c3)c2)CC1. The number of aromatic nitrogens is 4. The van der Waals surface area contributed by atoms with Crippen molar-refractivity contribution in [2.45, 2.75) is 6.54 Å². The van der Waals surface area contributed by atoms with Crippen LogP contribution in [0.25, 0.3) is 22.0 Å². The van der Waals surface area contributed by atoms with Crippen LogP contribution in [0.5, 0.6) is 0 Å². The first-order valence-electron chi connectivity index (χ1n) is 13.1. The molecule has 2 N–H and O–H groups in total. The third kappa shape index (κ3) is 5.38. The fourth-order valence-corrected chi connectivity index (χ4v) is 4.99. The predicted octanol–water partition coefficient (Wildman–Crippen LogP) is 2.86. The minimum Gasteiger partial charge on any atom is -0.378 e. The Hall–Kier alpha value is -3.86. The van der Waals surface area contributed by atoms with Gasteiger partial charge in [0.15, 0.2) is 5.69 Å². The second-order valence-electron chi connectivity index (χ2n) is 9.95. The molecule has 6 rings (SSSR count). The second kappa shape index (κ2) is 10.9. The van der Waals surface area contributed by atoms with Gasteiger partial charge in [-0.2, -0.15) is 5.10 Å². The number of H-pyrrole nitrogens is 1. The highest BCUT2D eigenvalue weighted by Gasteiger charge is 2.18. The Kier molecular flexibility index (Phi) is 7.00. The number of carbonyl (C=O) groups excluding carboxylic acids is 1.